The van der Waals surface area contributed by atoms with Gasteiger partial charge < -0.3 is 144 Å². The summed E-state index contributed by atoms with van der Waals surface area (Å²) in [5, 5.41) is 81.2. The highest BCUT2D eigenvalue weighted by atomic mass is 32.2. The molecule has 138 heavy (non-hydrogen) atoms. The summed E-state index contributed by atoms with van der Waals surface area (Å²) < 4.78 is 0. The number of nitrogens with one attached hydrogen (secondary N) is 18. The molecule has 0 saturated heterocycles. The topological polar surface area (TPSA) is 786 Å². The molecule has 0 aliphatic carbocycles. The number of aliphatic hydroxyl groups excluding tert-OH is 2. The summed E-state index contributed by atoms with van der Waals surface area (Å²) in [5.74, 6) is -21.4. The Hall–Kier alpha value is -12.8. The van der Waals surface area contributed by atoms with Crippen molar-refractivity contribution in [2.45, 2.75) is 268 Å². The van der Waals surface area contributed by atoms with Gasteiger partial charge in [-0.15, -0.1) is 0 Å². The number of hydrogen-bond donors (Lipinski definition) is 27. The van der Waals surface area contributed by atoms with Crippen LogP contribution in [0.1, 0.15) is 169 Å². The Balaban J connectivity index is 1.83. The van der Waals surface area contributed by atoms with Crippen LogP contribution in [0.3, 0.4) is 0 Å². The minimum absolute atomic E-state index is 0.0301. The van der Waals surface area contributed by atoms with Gasteiger partial charge in [0, 0.05) is 37.6 Å². The van der Waals surface area contributed by atoms with E-state index in [4.69, 9.17) is 28.7 Å². The van der Waals surface area contributed by atoms with Crippen LogP contribution in [0, 0.1) is 17.8 Å². The van der Waals surface area contributed by atoms with Crippen molar-refractivity contribution >= 4 is 130 Å². The molecule has 32 N–H and O–H groups in total. The van der Waals surface area contributed by atoms with E-state index in [9.17, 15) is 116 Å². The van der Waals surface area contributed by atoms with Crippen LogP contribution in [0.5, 0.6) is 0 Å². The molecule has 49 heteroatoms. The highest BCUT2D eigenvalue weighted by Crippen LogP contribution is 2.17. The second kappa shape index (κ2) is 64.3. The van der Waals surface area contributed by atoms with E-state index >= 15 is 0 Å². The number of imidazole rings is 1. The molecule has 17 atom stereocenters. The normalized spacial score (nSPS) is 14.8. The van der Waals surface area contributed by atoms with Crippen molar-refractivity contribution in [1.29, 1.82) is 0 Å². The molecular weight excluding hydrogens is 1820 g/mol. The Bertz CT molecular complexity index is 4470. The average Bonchev–Trinajstić information content (AvgIpc) is 1.03. The van der Waals surface area contributed by atoms with Crippen molar-refractivity contribution in [2.24, 2.45) is 46.4 Å². The number of hydrogen-bond acceptors (Lipinski definition) is 28. The number of nitrogens with zero attached hydrogens (tertiary/aromatic N) is 1. The van der Waals surface area contributed by atoms with Crippen molar-refractivity contribution in [2.75, 3.05) is 57.9 Å². The lowest BCUT2D eigenvalue weighted by Crippen LogP contribution is -2.61. The first-order chi connectivity index (χ1) is 65.4. The molecule has 0 spiro atoms. The quantitative estimate of drug-likeness (QED) is 0.0234. The largest absolute Gasteiger partial charge is 0.481 e. The Morgan fingerprint density at radius 2 is 0.783 bits per heavy atom. The van der Waals surface area contributed by atoms with Gasteiger partial charge in [-0.05, 0) is 151 Å². The molecule has 18 amide bonds. The second-order valence-corrected chi connectivity index (χ2v) is 35.1. The molecule has 768 valence electrons. The maximum absolute atomic E-state index is 14.6. The van der Waals surface area contributed by atoms with E-state index < -0.39 is 272 Å². The Kier molecular flexibility index (Phi) is 55.6. The lowest BCUT2D eigenvalue weighted by Gasteiger charge is -2.29. The van der Waals surface area contributed by atoms with E-state index in [1.165, 1.54) is 38.1 Å². The van der Waals surface area contributed by atoms with Gasteiger partial charge in [0.1, 0.15) is 90.6 Å². The van der Waals surface area contributed by atoms with Crippen LogP contribution < -0.4 is 119 Å². The number of rotatable bonds is 68. The molecule has 1 heterocycles. The average molecular weight is 1960 g/mol. The number of thioether (sulfide) groups is 1. The summed E-state index contributed by atoms with van der Waals surface area (Å²) in [6.45, 7) is 9.44. The van der Waals surface area contributed by atoms with Crippen LogP contribution in [0.15, 0.2) is 73.2 Å². The third-order valence-electron chi connectivity index (χ3n) is 21.8. The molecule has 3 aromatic rings. The molecule has 0 aliphatic heterocycles. The van der Waals surface area contributed by atoms with Crippen LogP contribution in [0.25, 0.3) is 0 Å². The number of H-pyrrole nitrogens is 1. The molecule has 0 radical (unpaired) electrons. The van der Waals surface area contributed by atoms with Crippen molar-refractivity contribution in [3.05, 3.63) is 90.0 Å². The number of unbranched alkanes of at least 4 members (excludes halogenated alkanes) is 3. The summed E-state index contributed by atoms with van der Waals surface area (Å²) >= 11 is 1.25. The molecule has 1 aromatic heterocycles. The first kappa shape index (κ1) is 119. The van der Waals surface area contributed by atoms with Crippen LogP contribution in [0.2, 0.25) is 0 Å². The molecule has 0 fully saturated rings. The van der Waals surface area contributed by atoms with Gasteiger partial charge in [0.25, 0.3) is 0 Å². The SMILES string of the molecule is CC[C@H](C)[C@H](NC(=O)[C@H](CCC(=O)O)NC(=O)CNC(=O)[C@@H](NC(=O)[C@H](Cc1ccccc1)NC(=O)[C@H](C)NC(=O)[C@H](CCCCN)NC(=O)CNC(=O)[C@H](Cc1ccccc1)NC(=O)[C@H](CCCCN)NC(=O)[C@H](CCCCN)NC(=O)[C@H](C)NC(=O)[C@H](CO)NC(=O)[C@H](Cc1cnc[nH]1)NC(=O)[C@@H](N)CC(C)C)C(C)C)C(=O)N[C@@H](CCSC)C(=O)N[C@@H](CC(N)=O)C(=O)N[C@@H](CO)C(=O)O. The Labute approximate surface area is 805 Å². The van der Waals surface area contributed by atoms with Crippen LogP contribution in [-0.2, 0) is 115 Å². The third kappa shape index (κ3) is 45.0. The zero-order chi connectivity index (χ0) is 103. The van der Waals surface area contributed by atoms with Crippen molar-refractivity contribution < 1.29 is 116 Å². The minimum atomic E-state index is -1.84. The summed E-state index contributed by atoms with van der Waals surface area (Å²) in [6, 6.07) is -6.94. The number of carboxylic acids is 2. The molecule has 0 aliphatic rings. The van der Waals surface area contributed by atoms with Crippen LogP contribution >= 0.6 is 11.8 Å². The number of nitrogens with two attached hydrogens (primary N) is 5. The van der Waals surface area contributed by atoms with E-state index in [0.717, 1.165) is 0 Å². The van der Waals surface area contributed by atoms with Crippen molar-refractivity contribution in [1.82, 2.24) is 100 Å². The second-order valence-electron chi connectivity index (χ2n) is 34.1. The number of aliphatic hydroxyl groups is 2. The van der Waals surface area contributed by atoms with Gasteiger partial charge in [0.2, 0.25) is 106 Å². The smallest absolute Gasteiger partial charge is 0.328 e. The van der Waals surface area contributed by atoms with Gasteiger partial charge in [0.15, 0.2) is 0 Å². The van der Waals surface area contributed by atoms with Gasteiger partial charge in [-0.25, -0.2) is 9.78 Å². The fourth-order valence-electron chi connectivity index (χ4n) is 13.7. The maximum Gasteiger partial charge on any atom is 0.328 e. The van der Waals surface area contributed by atoms with Crippen LogP contribution in [0.4, 0.5) is 0 Å². The van der Waals surface area contributed by atoms with E-state index in [0.29, 0.717) is 42.5 Å². The van der Waals surface area contributed by atoms with E-state index in [-0.39, 0.29) is 102 Å². The summed E-state index contributed by atoms with van der Waals surface area (Å²) in [5.41, 5.74) is 30.4. The number of amides is 18. The number of aromatic amines is 1. The highest BCUT2D eigenvalue weighted by Gasteiger charge is 2.40. The van der Waals surface area contributed by atoms with E-state index in [1.807, 2.05) is 19.2 Å². The highest BCUT2D eigenvalue weighted by molar-refractivity contribution is 7.98. The number of carboxylic acid groups (broad SMARTS) is 2. The van der Waals surface area contributed by atoms with Crippen LogP contribution in [-0.4, -0.2) is 303 Å². The standard InChI is InChI=1S/C89H142N24O24S/c1-10-50(6)73(88(135)105-61(32-36-138-9)81(128)109-65(41-68(94)116)84(131)111-67(46-115)89(136)137)113-82(129)60(30-31-71(119)120)102-70(118)44-97-87(134)72(49(4)5)112-85(132)63(39-54-25-15-12-16-26-54)106-75(122)52(8)99-78(125)57(27-17-20-33-90)101-69(117)43-96-77(124)62(38-53-23-13-11-14-24-53)108-80(127)59(29-19-22-35-92)104-79(126)58(28-18-21-34-91)103-74(121)51(7)100-86(133)66(45-114)110-83(130)64(40-55-42-95-47-98-55)107-76(123)56(93)37-48(2)3/h11-16,23-26,42,47-52,56-67,72-73,114-115H,10,17-22,27-41,43-46,90-93H2,1-9H3,(H2,94,116)(H,95,98)(H,96,124)(H,97,134)(H,99,125)(H,100,133)(H,101,117)(H,102,118)(H,103,121)(H,104,126)(H,105,135)(H,106,122)(H,107,123)(H,108,127)(H,109,128)(H,110,130)(H,111,131)(H,112,132)(H,113,129)(H,119,120)(H,136,137)/t50-,51-,52-,56-,57-,58-,59-,60-,61-,62-,63-,64-,65-,66-,67-,72-,73-/m0/s1. The first-order valence-corrected chi connectivity index (χ1v) is 47.3. The van der Waals surface area contributed by atoms with Gasteiger partial charge in [0.05, 0.1) is 45.1 Å². The Morgan fingerprint density at radius 1 is 0.406 bits per heavy atom. The van der Waals surface area contributed by atoms with Crippen molar-refractivity contribution in [3.63, 3.8) is 0 Å². The van der Waals surface area contributed by atoms with Crippen molar-refractivity contribution in [3.8, 4) is 0 Å². The minimum Gasteiger partial charge on any atom is -0.481 e. The molecule has 0 unspecified atom stereocenters. The zero-order valence-corrected chi connectivity index (χ0v) is 80.3. The van der Waals surface area contributed by atoms with Gasteiger partial charge in [-0.2, -0.15) is 11.8 Å². The third-order valence-corrected chi connectivity index (χ3v) is 22.5. The lowest BCUT2D eigenvalue weighted by molar-refractivity contribution is -0.143. The molecule has 2 aromatic carbocycles. The van der Waals surface area contributed by atoms with Gasteiger partial charge >= 0.3 is 11.9 Å². The molecule has 48 nitrogen and oxygen atoms in total. The summed E-state index contributed by atoms with van der Waals surface area (Å²) in [7, 11) is 0. The Morgan fingerprint density at radius 3 is 1.23 bits per heavy atom. The number of carbonyl (C=O) groups is 20. The predicted molar refractivity (Wildman–Crippen MR) is 505 cm³/mol. The zero-order valence-electron chi connectivity index (χ0n) is 79.5. The fourth-order valence-corrected chi connectivity index (χ4v) is 14.2. The van der Waals surface area contributed by atoms with Gasteiger partial charge in [-0.3, -0.25) is 91.1 Å². The number of benzene rings is 2. The summed E-state index contributed by atoms with van der Waals surface area (Å²) in [6.07, 6.45) is 4.09. The fraction of sp³-hybridized carbons (Fsp3) is 0.607. The molecular formula is C89H142N24O24S. The molecule has 3 rings (SSSR count). The summed E-state index contributed by atoms with van der Waals surface area (Å²) in [4.78, 5) is 280. The predicted octanol–water partition coefficient (Wildman–Crippen LogP) is -6.99. The monoisotopic (exact) mass is 1960 g/mol. The number of primary amides is 1. The van der Waals surface area contributed by atoms with Gasteiger partial charge in [-0.1, -0.05) is 109 Å². The first-order valence-electron chi connectivity index (χ1n) is 45.9. The number of aromatic nitrogens is 2. The maximum atomic E-state index is 14.6. The van der Waals surface area contributed by atoms with E-state index in [2.05, 4.69) is 95.0 Å². The number of carbonyl (C=O) groups excluding carboxylic acids is 18. The molecule has 0 saturated carbocycles. The number of aliphatic carboxylic acids is 2. The molecule has 0 bridgehead atoms. The lowest BCUT2D eigenvalue weighted by atomic mass is 9.97. The van der Waals surface area contributed by atoms with E-state index in [1.54, 1.807) is 94.6 Å².